The summed E-state index contributed by atoms with van der Waals surface area (Å²) in [4.78, 5) is 42.2. The molecule has 154 valence electrons. The maximum Gasteiger partial charge on any atom is 0.295 e. The molecule has 29 heavy (non-hydrogen) atoms. The van der Waals surface area contributed by atoms with Gasteiger partial charge in [0, 0.05) is 43.3 Å². The van der Waals surface area contributed by atoms with Gasteiger partial charge in [-0.3, -0.25) is 14.4 Å². The Bertz CT molecular complexity index is 919. The molecular formula is C23H29N3O3. The lowest BCUT2D eigenvalue weighted by molar-refractivity contribution is -0.132. The first kappa shape index (κ1) is 19.7. The van der Waals surface area contributed by atoms with Gasteiger partial charge >= 0.3 is 0 Å². The normalized spacial score (nSPS) is 18.2. The van der Waals surface area contributed by atoms with Crippen LogP contribution in [-0.2, 0) is 16.1 Å². The minimum atomic E-state index is -0.472. The number of hydrogen-bond acceptors (Lipinski definition) is 3. The first-order valence-electron chi connectivity index (χ1n) is 10.7. The molecule has 6 heteroatoms. The second-order valence-electron chi connectivity index (χ2n) is 8.43. The Labute approximate surface area is 171 Å². The first-order chi connectivity index (χ1) is 14.0. The number of carbonyl (C=O) groups excluding carboxylic acids is 3. The van der Waals surface area contributed by atoms with Crippen LogP contribution in [0.1, 0.15) is 49.4 Å². The van der Waals surface area contributed by atoms with E-state index >= 15 is 0 Å². The van der Waals surface area contributed by atoms with Crippen LogP contribution in [0.2, 0.25) is 0 Å². The van der Waals surface area contributed by atoms with Crippen LogP contribution in [0.25, 0.3) is 10.9 Å². The Morgan fingerprint density at radius 2 is 1.62 bits per heavy atom. The molecule has 0 N–H and O–H groups in total. The fourth-order valence-electron chi connectivity index (χ4n) is 4.42. The number of likely N-dealkylation sites (tertiary alicyclic amines) is 2. The van der Waals surface area contributed by atoms with Crippen molar-refractivity contribution in [2.24, 2.45) is 5.92 Å². The number of Topliss-reactive ketones (excluding diaryl/α,β-unsaturated/α-hetero) is 1. The molecule has 1 aromatic carbocycles. The standard InChI is InChI=1S/C23H29N3O3/c1-17-9-13-25(14-10-17)23(29)22(28)19-15-26(20-8-4-3-7-18(19)20)16-21(27)24-11-5-2-6-12-24/h3-4,7-8,15,17H,2,5-6,9-14,16H2,1H3. The van der Waals surface area contributed by atoms with Gasteiger partial charge in [0.2, 0.25) is 5.91 Å². The zero-order valence-electron chi connectivity index (χ0n) is 17.1. The molecule has 2 fully saturated rings. The Kier molecular flexibility index (Phi) is 5.69. The summed E-state index contributed by atoms with van der Waals surface area (Å²) in [5.74, 6) is -0.236. The molecule has 1 aromatic heterocycles. The van der Waals surface area contributed by atoms with E-state index in [2.05, 4.69) is 6.92 Å². The summed E-state index contributed by atoms with van der Waals surface area (Å²) in [6.07, 6.45) is 6.83. The topological polar surface area (TPSA) is 62.6 Å². The highest BCUT2D eigenvalue weighted by Crippen LogP contribution is 2.24. The lowest BCUT2D eigenvalue weighted by atomic mass is 9.98. The summed E-state index contributed by atoms with van der Waals surface area (Å²) in [6.45, 7) is 5.25. The molecule has 2 aliphatic rings. The molecule has 4 rings (SSSR count). The summed E-state index contributed by atoms with van der Waals surface area (Å²) in [6, 6.07) is 7.52. The van der Waals surface area contributed by atoms with Gasteiger partial charge in [0.15, 0.2) is 0 Å². The summed E-state index contributed by atoms with van der Waals surface area (Å²) < 4.78 is 1.82. The maximum absolute atomic E-state index is 13.0. The SMILES string of the molecule is CC1CCN(C(=O)C(=O)c2cn(CC(=O)N3CCCCC3)c3ccccc23)CC1. The van der Waals surface area contributed by atoms with Gasteiger partial charge < -0.3 is 14.4 Å². The van der Waals surface area contributed by atoms with Gasteiger partial charge in [-0.2, -0.15) is 0 Å². The van der Waals surface area contributed by atoms with Crippen LogP contribution in [0.3, 0.4) is 0 Å². The Balaban J connectivity index is 1.57. The van der Waals surface area contributed by atoms with Crippen LogP contribution in [0.4, 0.5) is 0 Å². The van der Waals surface area contributed by atoms with E-state index in [1.54, 1.807) is 11.1 Å². The highest BCUT2D eigenvalue weighted by molar-refractivity contribution is 6.44. The Morgan fingerprint density at radius 3 is 2.34 bits per heavy atom. The number of amides is 2. The van der Waals surface area contributed by atoms with Crippen molar-refractivity contribution in [2.75, 3.05) is 26.2 Å². The number of benzene rings is 1. The summed E-state index contributed by atoms with van der Waals surface area (Å²) in [7, 11) is 0. The van der Waals surface area contributed by atoms with Crippen LogP contribution in [-0.4, -0.2) is 58.1 Å². The van der Waals surface area contributed by atoms with E-state index in [1.165, 1.54) is 6.42 Å². The largest absolute Gasteiger partial charge is 0.341 e. The van der Waals surface area contributed by atoms with E-state index in [0.29, 0.717) is 24.6 Å². The third-order valence-corrected chi connectivity index (χ3v) is 6.31. The number of hydrogen-bond donors (Lipinski definition) is 0. The predicted molar refractivity (Wildman–Crippen MR) is 112 cm³/mol. The van der Waals surface area contributed by atoms with Crippen molar-refractivity contribution in [3.05, 3.63) is 36.0 Å². The van der Waals surface area contributed by atoms with Crippen LogP contribution in [0.15, 0.2) is 30.5 Å². The average Bonchev–Trinajstić information content (AvgIpc) is 3.12. The molecule has 0 aliphatic carbocycles. The third-order valence-electron chi connectivity index (χ3n) is 6.31. The van der Waals surface area contributed by atoms with Crippen molar-refractivity contribution in [3.63, 3.8) is 0 Å². The quantitative estimate of drug-likeness (QED) is 0.590. The zero-order valence-corrected chi connectivity index (χ0v) is 17.1. The van der Waals surface area contributed by atoms with E-state index in [4.69, 9.17) is 0 Å². The number of piperidine rings is 2. The van der Waals surface area contributed by atoms with Crippen molar-refractivity contribution in [3.8, 4) is 0 Å². The third kappa shape index (κ3) is 4.07. The molecule has 6 nitrogen and oxygen atoms in total. The summed E-state index contributed by atoms with van der Waals surface area (Å²) in [5, 5.41) is 0.739. The van der Waals surface area contributed by atoms with Crippen molar-refractivity contribution >= 4 is 28.5 Å². The number of aromatic nitrogens is 1. The highest BCUT2D eigenvalue weighted by Gasteiger charge is 2.29. The summed E-state index contributed by atoms with van der Waals surface area (Å²) in [5.41, 5.74) is 1.22. The van der Waals surface area contributed by atoms with E-state index in [0.717, 1.165) is 49.7 Å². The van der Waals surface area contributed by atoms with Crippen LogP contribution >= 0.6 is 0 Å². The van der Waals surface area contributed by atoms with Gasteiger partial charge in [-0.15, -0.1) is 0 Å². The van der Waals surface area contributed by atoms with Crippen molar-refractivity contribution in [2.45, 2.75) is 45.6 Å². The summed E-state index contributed by atoms with van der Waals surface area (Å²) >= 11 is 0. The van der Waals surface area contributed by atoms with Gasteiger partial charge in [0.05, 0.1) is 5.56 Å². The zero-order chi connectivity index (χ0) is 20.4. The molecule has 0 radical (unpaired) electrons. The van der Waals surface area contributed by atoms with E-state index in [1.807, 2.05) is 33.7 Å². The number of ketones is 1. The van der Waals surface area contributed by atoms with Crippen molar-refractivity contribution in [1.29, 1.82) is 0 Å². The second kappa shape index (κ2) is 8.39. The molecule has 0 saturated carbocycles. The fourth-order valence-corrected chi connectivity index (χ4v) is 4.42. The molecule has 3 heterocycles. The van der Waals surface area contributed by atoms with Crippen molar-refractivity contribution < 1.29 is 14.4 Å². The molecule has 2 amide bonds. The monoisotopic (exact) mass is 395 g/mol. The number of fused-ring (bicyclic) bond motifs is 1. The molecule has 0 atom stereocenters. The highest BCUT2D eigenvalue weighted by atomic mass is 16.2. The molecule has 0 unspecified atom stereocenters. The van der Waals surface area contributed by atoms with Crippen LogP contribution in [0.5, 0.6) is 0 Å². The number of para-hydroxylation sites is 1. The van der Waals surface area contributed by atoms with Crippen LogP contribution < -0.4 is 0 Å². The van der Waals surface area contributed by atoms with Gasteiger partial charge in [0.25, 0.3) is 11.7 Å². The molecule has 0 bridgehead atoms. The van der Waals surface area contributed by atoms with Gasteiger partial charge in [-0.25, -0.2) is 0 Å². The first-order valence-corrected chi connectivity index (χ1v) is 10.7. The predicted octanol–water partition coefficient (Wildman–Crippen LogP) is 3.10. The lowest BCUT2D eigenvalue weighted by Crippen LogP contribution is -2.41. The fraction of sp³-hybridized carbons (Fsp3) is 0.522. The number of nitrogens with zero attached hydrogens (tertiary/aromatic N) is 3. The maximum atomic E-state index is 13.0. The van der Waals surface area contributed by atoms with Gasteiger partial charge in [-0.1, -0.05) is 25.1 Å². The minimum Gasteiger partial charge on any atom is -0.341 e. The molecule has 2 saturated heterocycles. The minimum absolute atomic E-state index is 0.0702. The lowest BCUT2D eigenvalue weighted by Gasteiger charge is -2.29. The molecule has 2 aliphatic heterocycles. The average molecular weight is 396 g/mol. The molecular weight excluding hydrogens is 366 g/mol. The smallest absolute Gasteiger partial charge is 0.295 e. The van der Waals surface area contributed by atoms with Crippen molar-refractivity contribution in [1.82, 2.24) is 14.4 Å². The molecule has 0 spiro atoms. The van der Waals surface area contributed by atoms with E-state index in [-0.39, 0.29) is 12.5 Å². The second-order valence-corrected chi connectivity index (χ2v) is 8.43. The van der Waals surface area contributed by atoms with E-state index in [9.17, 15) is 14.4 Å². The van der Waals surface area contributed by atoms with Gasteiger partial charge in [-0.05, 0) is 44.1 Å². The van der Waals surface area contributed by atoms with Gasteiger partial charge in [0.1, 0.15) is 6.54 Å². The number of rotatable bonds is 4. The number of carbonyl (C=O) groups is 3. The van der Waals surface area contributed by atoms with Crippen LogP contribution in [0, 0.1) is 5.92 Å². The Morgan fingerprint density at radius 1 is 0.931 bits per heavy atom. The Hall–Kier alpha value is -2.63. The van der Waals surface area contributed by atoms with E-state index < -0.39 is 11.7 Å². The molecule has 2 aromatic rings.